The maximum Gasteiger partial charge on any atom is 0.164 e. The highest BCUT2D eigenvalue weighted by atomic mass is 15.0. The predicted molar refractivity (Wildman–Crippen MR) is 259 cm³/mol. The van der Waals surface area contributed by atoms with Gasteiger partial charge in [0.25, 0.3) is 0 Å². The third kappa shape index (κ3) is 5.55. The van der Waals surface area contributed by atoms with Gasteiger partial charge in [0.1, 0.15) is 0 Å². The van der Waals surface area contributed by atoms with Gasteiger partial charge >= 0.3 is 0 Å². The first-order valence-corrected chi connectivity index (χ1v) is 21.3. The van der Waals surface area contributed by atoms with Crippen LogP contribution in [0.5, 0.6) is 0 Å². The summed E-state index contributed by atoms with van der Waals surface area (Å²) >= 11 is 0. The molecular weight excluding hydrogens is 769 g/mol. The van der Waals surface area contributed by atoms with Crippen molar-refractivity contribution < 1.29 is 0 Å². The Bertz CT molecular complexity index is 3800. The first kappa shape index (κ1) is 35.2. The van der Waals surface area contributed by atoms with Gasteiger partial charge in [-0.15, -0.1) is 0 Å². The fourth-order valence-corrected chi connectivity index (χ4v) is 9.68. The maximum absolute atomic E-state index is 5.05. The monoisotopic (exact) mass is 804 g/mol. The molecule has 0 bridgehead atoms. The Labute approximate surface area is 362 Å². The fraction of sp³-hybridized carbons (Fsp3) is 0. The molecule has 0 radical (unpaired) electrons. The van der Waals surface area contributed by atoms with Crippen molar-refractivity contribution in [2.24, 2.45) is 0 Å². The average molecular weight is 805 g/mol. The predicted octanol–water partition coefficient (Wildman–Crippen LogP) is 14.2. The van der Waals surface area contributed by atoms with Gasteiger partial charge < -0.3 is 13.7 Å². The number of hydrogen-bond acceptors (Lipinski definition) is 3. The van der Waals surface area contributed by atoms with Crippen LogP contribution in [0.1, 0.15) is 0 Å². The molecule has 0 aliphatic rings. The lowest BCUT2D eigenvalue weighted by molar-refractivity contribution is 1.07. The molecule has 0 spiro atoms. The molecule has 13 aromatic rings. The van der Waals surface area contributed by atoms with E-state index in [1.54, 1.807) is 0 Å². The first-order chi connectivity index (χ1) is 31.2. The van der Waals surface area contributed by atoms with Crippen LogP contribution in [0.15, 0.2) is 218 Å². The molecule has 0 aliphatic heterocycles. The Hall–Kier alpha value is -8.61. The van der Waals surface area contributed by atoms with E-state index in [2.05, 4.69) is 171 Å². The number of fused-ring (bicyclic) bond motifs is 9. The first-order valence-electron chi connectivity index (χ1n) is 21.3. The summed E-state index contributed by atoms with van der Waals surface area (Å²) in [5.74, 6) is 1.91. The number of para-hydroxylation sites is 4. The van der Waals surface area contributed by atoms with E-state index in [9.17, 15) is 0 Å². The Morgan fingerprint density at radius 2 is 0.540 bits per heavy atom. The molecule has 0 atom stereocenters. The minimum Gasteiger partial charge on any atom is -0.309 e. The third-order valence-electron chi connectivity index (χ3n) is 12.5. The summed E-state index contributed by atoms with van der Waals surface area (Å²) in [7, 11) is 0. The average Bonchev–Trinajstić information content (AvgIpc) is 4.00. The molecule has 13 rings (SSSR count). The van der Waals surface area contributed by atoms with Crippen LogP contribution in [-0.2, 0) is 0 Å². The largest absolute Gasteiger partial charge is 0.309 e. The van der Waals surface area contributed by atoms with Crippen LogP contribution in [0.25, 0.3) is 117 Å². The zero-order chi connectivity index (χ0) is 41.4. The maximum atomic E-state index is 5.05. The molecule has 0 N–H and O–H groups in total. The molecule has 63 heavy (non-hydrogen) atoms. The molecule has 0 amide bonds. The second kappa shape index (κ2) is 14.0. The molecule has 9 aromatic carbocycles. The van der Waals surface area contributed by atoms with E-state index in [-0.39, 0.29) is 0 Å². The summed E-state index contributed by atoms with van der Waals surface area (Å²) in [6.45, 7) is 0. The van der Waals surface area contributed by atoms with Crippen molar-refractivity contribution in [3.8, 4) is 51.2 Å². The number of benzene rings is 9. The van der Waals surface area contributed by atoms with E-state index in [1.807, 2.05) is 60.7 Å². The van der Waals surface area contributed by atoms with Crippen molar-refractivity contribution in [1.82, 2.24) is 28.7 Å². The molecule has 0 fully saturated rings. The highest BCUT2D eigenvalue weighted by molar-refractivity contribution is 6.14. The molecule has 0 saturated carbocycles. The molecule has 6 nitrogen and oxygen atoms in total. The number of hydrogen-bond donors (Lipinski definition) is 0. The molecule has 0 aliphatic carbocycles. The van der Waals surface area contributed by atoms with E-state index in [0.717, 1.165) is 44.8 Å². The van der Waals surface area contributed by atoms with Crippen molar-refractivity contribution in [3.05, 3.63) is 218 Å². The summed E-state index contributed by atoms with van der Waals surface area (Å²) in [4.78, 5) is 15.0. The van der Waals surface area contributed by atoms with Crippen molar-refractivity contribution in [2.45, 2.75) is 0 Å². The molecular formula is C57H36N6. The molecule has 6 heteroatoms. The van der Waals surface area contributed by atoms with Crippen LogP contribution < -0.4 is 0 Å². The number of aromatic nitrogens is 6. The smallest absolute Gasteiger partial charge is 0.164 e. The van der Waals surface area contributed by atoms with Crippen LogP contribution in [0.4, 0.5) is 0 Å². The van der Waals surface area contributed by atoms with Crippen LogP contribution in [-0.4, -0.2) is 28.7 Å². The van der Waals surface area contributed by atoms with Gasteiger partial charge in [0.15, 0.2) is 17.5 Å². The van der Waals surface area contributed by atoms with E-state index < -0.39 is 0 Å². The molecule has 4 heterocycles. The molecule has 4 aromatic heterocycles. The summed E-state index contributed by atoms with van der Waals surface area (Å²) in [6, 6.07) is 77.5. The minimum atomic E-state index is 0.625. The normalized spacial score (nSPS) is 11.8. The lowest BCUT2D eigenvalue weighted by Crippen LogP contribution is -2.01. The van der Waals surface area contributed by atoms with Crippen LogP contribution in [0, 0.1) is 0 Å². The third-order valence-corrected chi connectivity index (χ3v) is 12.5. The van der Waals surface area contributed by atoms with Crippen molar-refractivity contribution in [3.63, 3.8) is 0 Å². The van der Waals surface area contributed by atoms with E-state index in [1.165, 1.54) is 54.4 Å². The number of nitrogens with zero attached hydrogens (tertiary/aromatic N) is 6. The fourth-order valence-electron chi connectivity index (χ4n) is 9.68. The van der Waals surface area contributed by atoms with E-state index >= 15 is 0 Å². The highest BCUT2D eigenvalue weighted by Gasteiger charge is 2.20. The minimum absolute atomic E-state index is 0.625. The Morgan fingerprint density at radius 1 is 0.222 bits per heavy atom. The highest BCUT2D eigenvalue weighted by Crippen LogP contribution is 2.39. The summed E-state index contributed by atoms with van der Waals surface area (Å²) in [5.41, 5.74) is 13.1. The SMILES string of the molecule is c1ccc(-c2nc(-c3ccccc3)nc(-c3cccc(-n4c5ccccc5c5cc(-n6c7ccccc7c7cc(-n8c9ccccc9c9ccccc98)ccc76)ccc54)c3)n2)cc1. The summed E-state index contributed by atoms with van der Waals surface area (Å²) < 4.78 is 7.18. The topological polar surface area (TPSA) is 53.5 Å². The lowest BCUT2D eigenvalue weighted by atomic mass is 10.1. The van der Waals surface area contributed by atoms with Gasteiger partial charge in [0, 0.05) is 66.1 Å². The zero-order valence-corrected chi connectivity index (χ0v) is 34.0. The van der Waals surface area contributed by atoms with Gasteiger partial charge in [0.05, 0.1) is 33.1 Å². The van der Waals surface area contributed by atoms with Crippen LogP contribution in [0.3, 0.4) is 0 Å². The molecule has 294 valence electrons. The second-order valence-corrected chi connectivity index (χ2v) is 16.1. The van der Waals surface area contributed by atoms with Gasteiger partial charge in [-0.3, -0.25) is 0 Å². The molecule has 0 unspecified atom stereocenters. The van der Waals surface area contributed by atoms with Gasteiger partial charge in [-0.2, -0.15) is 0 Å². The standard InChI is InChI=1S/C57H36N6/c1-3-16-37(17-4-1)55-58-56(38-18-5-2-6-19-38)60-57(59-55)39-20-15-21-40(34-39)61-51-28-13-9-24-45(51)47-36-42(31-32-53(47)61)63-52-29-14-10-25-46(52)48-35-41(30-33-54(48)63)62-49-26-11-7-22-43(49)44-23-8-12-27-50(44)62/h1-36H. The Kier molecular flexibility index (Phi) is 7.80. The van der Waals surface area contributed by atoms with Crippen molar-refractivity contribution >= 4 is 65.4 Å². The van der Waals surface area contributed by atoms with Crippen LogP contribution >= 0.6 is 0 Å². The lowest BCUT2D eigenvalue weighted by Gasteiger charge is -2.12. The van der Waals surface area contributed by atoms with Gasteiger partial charge in [-0.05, 0) is 72.8 Å². The van der Waals surface area contributed by atoms with Gasteiger partial charge in [-0.1, -0.05) is 146 Å². The van der Waals surface area contributed by atoms with Gasteiger partial charge in [-0.25, -0.2) is 15.0 Å². The van der Waals surface area contributed by atoms with Crippen LogP contribution in [0.2, 0.25) is 0 Å². The van der Waals surface area contributed by atoms with Crippen molar-refractivity contribution in [1.29, 1.82) is 0 Å². The summed E-state index contributed by atoms with van der Waals surface area (Å²) in [6.07, 6.45) is 0. The van der Waals surface area contributed by atoms with E-state index in [0.29, 0.717) is 17.5 Å². The molecule has 0 saturated heterocycles. The summed E-state index contributed by atoms with van der Waals surface area (Å²) in [5, 5.41) is 7.32. The zero-order valence-electron chi connectivity index (χ0n) is 34.0. The van der Waals surface area contributed by atoms with Gasteiger partial charge in [0.2, 0.25) is 0 Å². The quantitative estimate of drug-likeness (QED) is 0.168. The number of rotatable bonds is 6. The second-order valence-electron chi connectivity index (χ2n) is 16.1. The Balaban J connectivity index is 0.967. The van der Waals surface area contributed by atoms with Crippen molar-refractivity contribution in [2.75, 3.05) is 0 Å². The Morgan fingerprint density at radius 3 is 0.968 bits per heavy atom. The van der Waals surface area contributed by atoms with E-state index in [4.69, 9.17) is 15.0 Å².